The van der Waals surface area contributed by atoms with Crippen molar-refractivity contribution in [3.05, 3.63) is 33.9 Å². The molecule has 0 bridgehead atoms. The lowest BCUT2D eigenvalue weighted by molar-refractivity contribution is -0.384. The first kappa shape index (κ1) is 17.2. The van der Waals surface area contributed by atoms with Crippen LogP contribution in [0.1, 0.15) is 17.3 Å². The fourth-order valence-corrected chi connectivity index (χ4v) is 2.77. The van der Waals surface area contributed by atoms with E-state index in [-0.39, 0.29) is 17.7 Å². The third-order valence-electron chi connectivity index (χ3n) is 3.90. The van der Waals surface area contributed by atoms with Crippen LogP contribution in [-0.4, -0.2) is 66.7 Å². The first-order valence-corrected chi connectivity index (χ1v) is 7.58. The number of hydrogen-bond donors (Lipinski definition) is 2. The average molecular weight is 322 g/mol. The summed E-state index contributed by atoms with van der Waals surface area (Å²) in [7, 11) is 1.51. The molecular formula is C15H22N4O4. The lowest BCUT2D eigenvalue weighted by Gasteiger charge is -2.37. The van der Waals surface area contributed by atoms with E-state index in [2.05, 4.69) is 10.2 Å². The number of aliphatic hydroxyl groups is 1. The van der Waals surface area contributed by atoms with Gasteiger partial charge in [-0.15, -0.1) is 0 Å². The monoisotopic (exact) mass is 322 g/mol. The van der Waals surface area contributed by atoms with Crippen LogP contribution in [0.3, 0.4) is 0 Å². The third-order valence-corrected chi connectivity index (χ3v) is 3.90. The summed E-state index contributed by atoms with van der Waals surface area (Å²) in [5.74, 6) is -0.338. The van der Waals surface area contributed by atoms with Crippen LogP contribution in [0.4, 0.5) is 11.4 Å². The summed E-state index contributed by atoms with van der Waals surface area (Å²) >= 11 is 0. The Morgan fingerprint density at radius 3 is 2.57 bits per heavy atom. The van der Waals surface area contributed by atoms with Gasteiger partial charge in [-0.25, -0.2) is 0 Å². The van der Waals surface area contributed by atoms with Crippen LogP contribution in [0.15, 0.2) is 18.2 Å². The van der Waals surface area contributed by atoms with Gasteiger partial charge in [0.2, 0.25) is 0 Å². The number of β-amino-alcohol motifs (C(OH)–C–C–N with tert-alkyl or cyclic N) is 1. The highest BCUT2D eigenvalue weighted by molar-refractivity contribution is 6.00. The molecule has 1 atom stereocenters. The zero-order chi connectivity index (χ0) is 17.0. The van der Waals surface area contributed by atoms with Crippen LogP contribution in [0.2, 0.25) is 0 Å². The largest absolute Gasteiger partial charge is 0.392 e. The molecular weight excluding hydrogens is 300 g/mol. The second-order valence-electron chi connectivity index (χ2n) is 5.67. The Balaban J connectivity index is 2.19. The van der Waals surface area contributed by atoms with Gasteiger partial charge in [-0.1, -0.05) is 0 Å². The van der Waals surface area contributed by atoms with Gasteiger partial charge in [0.1, 0.15) is 0 Å². The quantitative estimate of drug-likeness (QED) is 0.603. The maximum atomic E-state index is 12.1. The van der Waals surface area contributed by atoms with Crippen LogP contribution in [0.25, 0.3) is 0 Å². The highest BCUT2D eigenvalue weighted by Crippen LogP contribution is 2.26. The van der Waals surface area contributed by atoms with Crippen molar-refractivity contribution in [1.82, 2.24) is 10.2 Å². The highest BCUT2D eigenvalue weighted by atomic mass is 16.6. The van der Waals surface area contributed by atoms with Gasteiger partial charge in [0.15, 0.2) is 0 Å². The number of benzene rings is 1. The van der Waals surface area contributed by atoms with Crippen molar-refractivity contribution >= 4 is 17.3 Å². The van der Waals surface area contributed by atoms with Crippen molar-refractivity contribution in [2.75, 3.05) is 44.7 Å². The number of nitro groups is 1. The maximum Gasteiger partial charge on any atom is 0.270 e. The van der Waals surface area contributed by atoms with Gasteiger partial charge in [-0.3, -0.25) is 19.8 Å². The summed E-state index contributed by atoms with van der Waals surface area (Å²) in [4.78, 5) is 26.7. The molecule has 1 aromatic carbocycles. The smallest absolute Gasteiger partial charge is 0.270 e. The van der Waals surface area contributed by atoms with Crippen molar-refractivity contribution in [1.29, 1.82) is 0 Å². The number of nitrogens with one attached hydrogen (secondary N) is 1. The summed E-state index contributed by atoms with van der Waals surface area (Å²) in [6, 6.07) is 4.37. The molecule has 126 valence electrons. The Bertz CT molecular complexity index is 583. The summed E-state index contributed by atoms with van der Waals surface area (Å²) in [5, 5.41) is 22.9. The van der Waals surface area contributed by atoms with Gasteiger partial charge in [0, 0.05) is 51.9 Å². The molecule has 1 aliphatic rings. The zero-order valence-corrected chi connectivity index (χ0v) is 13.4. The number of rotatable bonds is 5. The number of amides is 1. The first-order valence-electron chi connectivity index (χ1n) is 7.58. The standard InChI is InChI=1S/C15H22N4O4/c1-11(20)10-17-5-7-18(8-6-17)14-4-3-12(19(22)23)9-13(14)15(21)16-2/h3-4,9,11,20H,5-8,10H2,1-2H3,(H,16,21)/t11-/m1/s1. The number of nitro benzene ring substituents is 1. The van der Waals surface area contributed by atoms with Crippen LogP contribution in [0.5, 0.6) is 0 Å². The molecule has 2 N–H and O–H groups in total. The average Bonchev–Trinajstić information content (AvgIpc) is 2.53. The van der Waals surface area contributed by atoms with Crippen LogP contribution in [-0.2, 0) is 0 Å². The summed E-state index contributed by atoms with van der Waals surface area (Å²) in [6.07, 6.45) is -0.373. The Kier molecular flexibility index (Phi) is 5.51. The molecule has 1 amide bonds. The molecule has 2 rings (SSSR count). The second kappa shape index (κ2) is 7.38. The topological polar surface area (TPSA) is 98.9 Å². The molecule has 8 heteroatoms. The predicted octanol–water partition coefficient (Wildman–Crippen LogP) is 0.457. The number of anilines is 1. The molecule has 23 heavy (non-hydrogen) atoms. The lowest BCUT2D eigenvalue weighted by Crippen LogP contribution is -2.48. The van der Waals surface area contributed by atoms with Crippen LogP contribution < -0.4 is 10.2 Å². The van der Waals surface area contributed by atoms with Crippen molar-refractivity contribution < 1.29 is 14.8 Å². The minimum atomic E-state index is -0.503. The Labute approximate surface area is 134 Å². The summed E-state index contributed by atoms with van der Waals surface area (Å²) < 4.78 is 0. The summed E-state index contributed by atoms with van der Waals surface area (Å²) in [6.45, 7) is 5.33. The number of piperazine rings is 1. The molecule has 0 spiro atoms. The van der Waals surface area contributed by atoms with E-state index < -0.39 is 4.92 Å². The lowest BCUT2D eigenvalue weighted by atomic mass is 10.1. The number of aliphatic hydroxyl groups excluding tert-OH is 1. The van der Waals surface area contributed by atoms with E-state index in [4.69, 9.17) is 0 Å². The van der Waals surface area contributed by atoms with Gasteiger partial charge in [-0.2, -0.15) is 0 Å². The molecule has 1 aliphatic heterocycles. The van der Waals surface area contributed by atoms with Crippen molar-refractivity contribution in [3.8, 4) is 0 Å². The third kappa shape index (κ3) is 4.17. The molecule has 0 aliphatic carbocycles. The molecule has 1 fully saturated rings. The van der Waals surface area contributed by atoms with E-state index in [1.807, 2.05) is 4.90 Å². The number of hydrogen-bond acceptors (Lipinski definition) is 6. The first-order chi connectivity index (χ1) is 10.9. The van der Waals surface area contributed by atoms with E-state index in [9.17, 15) is 20.0 Å². The number of nitrogens with zero attached hydrogens (tertiary/aromatic N) is 3. The summed E-state index contributed by atoms with van der Waals surface area (Å²) in [5.41, 5.74) is 0.914. The normalized spacial score (nSPS) is 16.9. The SMILES string of the molecule is CNC(=O)c1cc([N+](=O)[O-])ccc1N1CCN(C[C@@H](C)O)CC1. The fourth-order valence-electron chi connectivity index (χ4n) is 2.77. The predicted molar refractivity (Wildman–Crippen MR) is 86.8 cm³/mol. The maximum absolute atomic E-state index is 12.1. The fraction of sp³-hybridized carbons (Fsp3) is 0.533. The number of non-ortho nitro benzene ring substituents is 1. The van der Waals surface area contributed by atoms with E-state index in [0.29, 0.717) is 30.9 Å². The van der Waals surface area contributed by atoms with Crippen LogP contribution >= 0.6 is 0 Å². The van der Waals surface area contributed by atoms with Gasteiger partial charge < -0.3 is 15.3 Å². The Morgan fingerprint density at radius 1 is 1.39 bits per heavy atom. The van der Waals surface area contributed by atoms with Gasteiger partial charge >= 0.3 is 0 Å². The van der Waals surface area contributed by atoms with E-state index in [1.54, 1.807) is 13.0 Å². The zero-order valence-electron chi connectivity index (χ0n) is 13.4. The van der Waals surface area contributed by atoms with Crippen LogP contribution in [0, 0.1) is 10.1 Å². The molecule has 0 radical (unpaired) electrons. The second-order valence-corrected chi connectivity index (χ2v) is 5.67. The van der Waals surface area contributed by atoms with Gasteiger partial charge in [0.25, 0.3) is 11.6 Å². The minimum Gasteiger partial charge on any atom is -0.392 e. The number of carbonyl (C=O) groups is 1. The number of carbonyl (C=O) groups excluding carboxylic acids is 1. The molecule has 8 nitrogen and oxygen atoms in total. The molecule has 0 saturated carbocycles. The van der Waals surface area contributed by atoms with E-state index in [1.165, 1.54) is 19.2 Å². The molecule has 1 heterocycles. The molecule has 1 aromatic rings. The Morgan fingerprint density at radius 2 is 2.04 bits per heavy atom. The van der Waals surface area contributed by atoms with Gasteiger partial charge in [0.05, 0.1) is 22.3 Å². The molecule has 0 aromatic heterocycles. The van der Waals surface area contributed by atoms with E-state index >= 15 is 0 Å². The highest BCUT2D eigenvalue weighted by Gasteiger charge is 2.23. The molecule has 1 saturated heterocycles. The van der Waals surface area contributed by atoms with Crippen molar-refractivity contribution in [2.45, 2.75) is 13.0 Å². The van der Waals surface area contributed by atoms with Crippen molar-refractivity contribution in [3.63, 3.8) is 0 Å². The van der Waals surface area contributed by atoms with E-state index in [0.717, 1.165) is 13.1 Å². The minimum absolute atomic E-state index is 0.0971. The van der Waals surface area contributed by atoms with Gasteiger partial charge in [-0.05, 0) is 13.0 Å². The van der Waals surface area contributed by atoms with Crippen molar-refractivity contribution in [2.24, 2.45) is 0 Å². The Hall–Kier alpha value is -2.19. The molecule has 0 unspecified atom stereocenters.